The van der Waals surface area contributed by atoms with E-state index in [-0.39, 0.29) is 90.9 Å². The van der Waals surface area contributed by atoms with Crippen LogP contribution < -0.4 is 34.3 Å². The molecule has 1 fully saturated rings. The zero-order valence-corrected chi connectivity index (χ0v) is 53.4. The van der Waals surface area contributed by atoms with Crippen molar-refractivity contribution in [1.29, 1.82) is 0 Å². The van der Waals surface area contributed by atoms with E-state index in [0.29, 0.717) is 70.6 Å². The number of ether oxygens (including phenoxy) is 5. The first kappa shape index (κ1) is 67.7. The molecule has 26 heteroatoms. The molecule has 0 saturated carbocycles. The number of carbonyl (C=O) groups excluding carboxylic acids is 4. The van der Waals surface area contributed by atoms with Gasteiger partial charge in [0.2, 0.25) is 6.29 Å². The van der Waals surface area contributed by atoms with Crippen LogP contribution in [0.25, 0.3) is 21.7 Å². The summed E-state index contributed by atoms with van der Waals surface area (Å²) in [5.74, 6) is 3.81. The van der Waals surface area contributed by atoms with Gasteiger partial charge in [0.15, 0.2) is 17.2 Å². The van der Waals surface area contributed by atoms with Crippen molar-refractivity contribution in [2.24, 2.45) is 33.2 Å². The minimum Gasteiger partial charge on any atom is -0.508 e. The summed E-state index contributed by atoms with van der Waals surface area (Å²) < 4.78 is 70.2. The van der Waals surface area contributed by atoms with Gasteiger partial charge in [0.1, 0.15) is 29.4 Å². The predicted octanol–water partition coefficient (Wildman–Crippen LogP) is 6.43. The Morgan fingerprint density at radius 2 is 1.48 bits per heavy atom. The fraction of sp³-hybridized carbons (Fsp3) is 0.492. The highest BCUT2D eigenvalue weighted by Crippen LogP contribution is 2.48. The number of aliphatic hydroxyl groups is 3. The fourth-order valence-corrected chi connectivity index (χ4v) is 12.3. The van der Waals surface area contributed by atoms with Crippen LogP contribution in [-0.2, 0) is 34.2 Å². The van der Waals surface area contributed by atoms with Crippen LogP contribution in [0.2, 0.25) is 0 Å². The Kier molecular flexibility index (Phi) is 20.6. The van der Waals surface area contributed by atoms with Crippen molar-refractivity contribution in [3.8, 4) is 28.7 Å². The number of carbonyl (C=O) groups is 4. The largest absolute Gasteiger partial charge is 0.508 e. The molecule has 0 bridgehead atoms. The summed E-state index contributed by atoms with van der Waals surface area (Å²) in [6.45, 7) is 17.1. The molecule has 4 amide bonds. The number of phenols is 1. The molecule has 4 aromatic carbocycles. The number of aliphatic hydroxyl groups excluding tert-OH is 3. The van der Waals surface area contributed by atoms with Gasteiger partial charge in [0.05, 0.1) is 51.9 Å². The van der Waals surface area contributed by atoms with E-state index < -0.39 is 81.3 Å². The molecule has 4 heterocycles. The lowest BCUT2D eigenvalue weighted by Gasteiger charge is -2.36. The first-order valence-corrected chi connectivity index (χ1v) is 30.9. The van der Waals surface area contributed by atoms with Crippen LogP contribution in [-0.4, -0.2) is 176 Å². The van der Waals surface area contributed by atoms with E-state index in [0.717, 1.165) is 6.07 Å². The molecule has 8 rings (SSSR count). The van der Waals surface area contributed by atoms with E-state index in [2.05, 4.69) is 4.98 Å². The number of aromatic nitrogens is 1. The smallest absolute Gasteiger partial charge is 0.501 e. The average Bonchev–Trinajstić information content (AvgIpc) is 1.77. The van der Waals surface area contributed by atoms with Gasteiger partial charge in [-0.15, -0.1) is 20.0 Å². The number of aromatic amines is 1. The number of methoxy groups -OCH3 is 1. The molecule has 5 atom stereocenters. The van der Waals surface area contributed by atoms with E-state index in [1.807, 2.05) is 55.4 Å². The van der Waals surface area contributed by atoms with Gasteiger partial charge in [-0.05, 0) is 77.4 Å². The van der Waals surface area contributed by atoms with Gasteiger partial charge in [-0.25, -0.2) is 5.84 Å². The van der Waals surface area contributed by atoms with Gasteiger partial charge in [-0.3, -0.25) is 24.1 Å². The first-order valence-electron chi connectivity index (χ1n) is 29.0. The number of nitrogens with two attached hydrogens (primary N) is 2. The minimum absolute atomic E-state index is 0.00151. The van der Waals surface area contributed by atoms with Crippen LogP contribution in [0.15, 0.2) is 90.8 Å². The van der Waals surface area contributed by atoms with Crippen LogP contribution in [0.5, 0.6) is 28.7 Å². The van der Waals surface area contributed by atoms with Crippen molar-refractivity contribution in [1.82, 2.24) is 19.8 Å². The van der Waals surface area contributed by atoms with E-state index in [4.69, 9.17) is 55.2 Å². The second-order valence-electron chi connectivity index (χ2n) is 26.3. The second kappa shape index (κ2) is 27.1. The Bertz CT molecular complexity index is 3610. The number of nitrogens with one attached hydrogen (secondary N) is 1. The summed E-state index contributed by atoms with van der Waals surface area (Å²) in [7, 11) is -2.17. The third-order valence-corrected chi connectivity index (χ3v) is 16.5. The van der Waals surface area contributed by atoms with Gasteiger partial charge in [-0.2, -0.15) is 0 Å². The molecular formula is C63H82ClN7O17S. The zero-order valence-electron chi connectivity index (χ0n) is 51.8. The molecule has 2 unspecified atom stereocenters. The lowest BCUT2D eigenvalue weighted by atomic mass is 9.88. The highest BCUT2D eigenvalue weighted by Gasteiger charge is 2.40. The standard InChI is InChI=1S/C63H82ClN7O17S/c1-60(2,33-83-36-63(7,8)32-71-53(75)17-18-54(71)76)25-40(65)28-69(66)31-62(5,6)35-84-34-61(3,4)30-68(9)58(78)38-12-16-49(85-55-24-48(74)57(77)52(29-72)86-55)51(20-38)88-89(80,81)87-50-23-47-56(44-22-42(82-10)14-15-43(44)50)39(26-64)27-70(47)59(79)46-19-37-11-13-41(73)21-45(37)67-46/h11-23,28,39,48,52,55,57,67,72-74,77H,24-27,29-36,65-66H2,1-10H3/b40-28-/t39?,48-,52-,55?,57-/m1/s1. The summed E-state index contributed by atoms with van der Waals surface area (Å²) in [4.78, 5) is 60.1. The number of fused-ring (bicyclic) bond motifs is 4. The van der Waals surface area contributed by atoms with Crippen molar-refractivity contribution in [3.63, 3.8) is 0 Å². The number of aromatic hydroxyl groups is 1. The Hall–Kier alpha value is -7.20. The van der Waals surface area contributed by atoms with Crippen LogP contribution in [0, 0.1) is 21.7 Å². The normalized spacial score (nSPS) is 19.3. The first-order chi connectivity index (χ1) is 41.7. The lowest BCUT2D eigenvalue weighted by molar-refractivity contribution is -0.230. The summed E-state index contributed by atoms with van der Waals surface area (Å²) in [6.07, 6.45) is -1.07. The third kappa shape index (κ3) is 16.8. The number of alkyl halides is 1. The monoisotopic (exact) mass is 1280 g/mol. The minimum atomic E-state index is -5.21. The van der Waals surface area contributed by atoms with Gasteiger partial charge >= 0.3 is 10.4 Å². The van der Waals surface area contributed by atoms with Crippen molar-refractivity contribution in [2.75, 3.05) is 84.2 Å². The van der Waals surface area contributed by atoms with Crippen molar-refractivity contribution in [2.45, 2.75) is 98.8 Å². The molecule has 484 valence electrons. The number of hydrogen-bond acceptors (Lipinski definition) is 20. The van der Waals surface area contributed by atoms with Crippen LogP contribution in [0.3, 0.4) is 0 Å². The van der Waals surface area contributed by atoms with E-state index in [9.17, 15) is 48.0 Å². The summed E-state index contributed by atoms with van der Waals surface area (Å²) in [6, 6.07) is 16.4. The average molecular weight is 1280 g/mol. The SMILES string of the molecule is COc1ccc2c(OS(=O)(=O)Oc3cc(C(=O)N(C)CC(C)(C)COCC(C)(C)CN(N)/C=C(\N)CC(C)(C)COCC(C)(C)CN4C(=O)C=CC4=O)ccc3OC3C[C@@H](O)[C@@H](O)[C@@H](CO)O3)cc3c(c2c1)C(CCl)CN3C(=O)c1cc2ccc(O)cc2[nH]1. The van der Waals surface area contributed by atoms with Crippen molar-refractivity contribution >= 4 is 73.0 Å². The van der Waals surface area contributed by atoms with E-state index in [1.54, 1.807) is 43.6 Å². The summed E-state index contributed by atoms with van der Waals surface area (Å²) >= 11 is 6.58. The highest BCUT2D eigenvalue weighted by molar-refractivity contribution is 7.82. The van der Waals surface area contributed by atoms with Crippen LogP contribution >= 0.6 is 11.6 Å². The summed E-state index contributed by atoms with van der Waals surface area (Å²) in [5, 5.41) is 44.1. The maximum absolute atomic E-state index is 14.5. The molecule has 3 aliphatic rings. The number of H-pyrrole nitrogens is 1. The molecule has 1 aromatic heterocycles. The number of halogens is 1. The number of hydrogen-bond donors (Lipinski definition) is 7. The number of benzene rings is 4. The Balaban J connectivity index is 0.946. The van der Waals surface area contributed by atoms with Gasteiger partial charge in [-0.1, -0.05) is 55.4 Å². The van der Waals surface area contributed by atoms with Crippen LogP contribution in [0.1, 0.15) is 101 Å². The highest BCUT2D eigenvalue weighted by atomic mass is 35.5. The molecule has 5 aromatic rings. The maximum Gasteiger partial charge on any atom is 0.501 e. The number of nitrogens with zero attached hydrogens (tertiary/aromatic N) is 4. The molecule has 89 heavy (non-hydrogen) atoms. The Morgan fingerprint density at radius 1 is 0.831 bits per heavy atom. The molecule has 0 spiro atoms. The van der Waals surface area contributed by atoms with Gasteiger partial charge < -0.3 is 78.0 Å². The second-order valence-corrected chi connectivity index (χ2v) is 27.8. The topological polar surface area (TPSA) is 329 Å². The van der Waals surface area contributed by atoms with Crippen molar-refractivity contribution < 1.29 is 80.1 Å². The third-order valence-electron chi connectivity index (χ3n) is 15.3. The fourth-order valence-electron chi connectivity index (χ4n) is 11.4. The van der Waals surface area contributed by atoms with Crippen molar-refractivity contribution in [3.05, 3.63) is 108 Å². The van der Waals surface area contributed by atoms with Gasteiger partial charge in [0.25, 0.3) is 23.6 Å². The number of anilines is 1. The number of hydrazine groups is 1. The molecule has 24 nitrogen and oxygen atoms in total. The van der Waals surface area contributed by atoms with Crippen LogP contribution in [0.4, 0.5) is 5.69 Å². The number of rotatable bonds is 28. The molecule has 9 N–H and O–H groups in total. The maximum atomic E-state index is 14.5. The number of imide groups is 1. The molecule has 1 saturated heterocycles. The molecule has 0 radical (unpaired) electrons. The Morgan fingerprint density at radius 3 is 2.15 bits per heavy atom. The predicted molar refractivity (Wildman–Crippen MR) is 333 cm³/mol. The lowest BCUT2D eigenvalue weighted by Crippen LogP contribution is -2.51. The zero-order chi connectivity index (χ0) is 65.1. The Labute approximate surface area is 523 Å². The number of amides is 4. The molecular weight excluding hydrogens is 1190 g/mol. The molecule has 0 aliphatic carbocycles. The molecule has 3 aliphatic heterocycles. The quantitative estimate of drug-likeness (QED) is 0.0123. The van der Waals surface area contributed by atoms with E-state index in [1.165, 1.54) is 69.3 Å². The number of phenolic OH excluding ortho intramolecular Hbond substituents is 1. The summed E-state index contributed by atoms with van der Waals surface area (Å²) in [5.41, 5.74) is 6.69. The van der Waals surface area contributed by atoms with Gasteiger partial charge in [0, 0.05) is 126 Å². The number of allylic oxidation sites excluding steroid dienone is 1. The van der Waals surface area contributed by atoms with E-state index >= 15 is 0 Å².